The maximum Gasteiger partial charge on any atom is 0.227 e. The van der Waals surface area contributed by atoms with Crippen LogP contribution in [0.1, 0.15) is 31.2 Å². The highest BCUT2D eigenvalue weighted by Gasteiger charge is 2.27. The summed E-state index contributed by atoms with van der Waals surface area (Å²) in [6.07, 6.45) is 8.25. The molecule has 0 radical (unpaired) electrons. The lowest BCUT2D eigenvalue weighted by Crippen LogP contribution is -2.42. The first-order chi connectivity index (χ1) is 18.1. The number of ether oxygens (including phenoxy) is 1. The molecule has 5 rings (SSSR count). The maximum absolute atomic E-state index is 13.5. The molecule has 8 heteroatoms. The lowest BCUT2D eigenvalue weighted by atomic mass is 10.1. The SMILES string of the molecule is COc1ccc(-c2nc(-c3ccncc3)nn2CCN(C(=O)Cc2ccccc2)C2CCCC2)cc1Cl. The summed E-state index contributed by atoms with van der Waals surface area (Å²) in [5.74, 6) is 2.05. The number of amides is 1. The van der Waals surface area contributed by atoms with Gasteiger partial charge in [0, 0.05) is 36.1 Å². The maximum atomic E-state index is 13.5. The van der Waals surface area contributed by atoms with E-state index in [0.717, 1.165) is 42.4 Å². The van der Waals surface area contributed by atoms with Crippen molar-refractivity contribution in [2.45, 2.75) is 44.7 Å². The van der Waals surface area contributed by atoms with Gasteiger partial charge in [-0.1, -0.05) is 54.8 Å². The number of nitrogens with zero attached hydrogens (tertiary/aromatic N) is 5. The van der Waals surface area contributed by atoms with E-state index in [1.54, 1.807) is 19.5 Å². The van der Waals surface area contributed by atoms with Crippen LogP contribution in [0.4, 0.5) is 0 Å². The number of pyridine rings is 1. The zero-order valence-corrected chi connectivity index (χ0v) is 21.6. The summed E-state index contributed by atoms with van der Waals surface area (Å²) in [7, 11) is 1.59. The summed E-state index contributed by atoms with van der Waals surface area (Å²) in [4.78, 5) is 24.5. The molecular weight excluding hydrogens is 486 g/mol. The van der Waals surface area contributed by atoms with Crippen molar-refractivity contribution in [3.8, 4) is 28.5 Å². The van der Waals surface area contributed by atoms with Gasteiger partial charge >= 0.3 is 0 Å². The number of aromatic nitrogens is 4. The molecule has 0 saturated heterocycles. The first-order valence-corrected chi connectivity index (χ1v) is 13.0. The van der Waals surface area contributed by atoms with Crippen molar-refractivity contribution in [2.75, 3.05) is 13.7 Å². The van der Waals surface area contributed by atoms with Crippen LogP contribution < -0.4 is 4.74 Å². The summed E-state index contributed by atoms with van der Waals surface area (Å²) in [5, 5.41) is 5.34. The molecular formula is C29H30ClN5O2. The Bertz CT molecular complexity index is 1340. The van der Waals surface area contributed by atoms with E-state index in [9.17, 15) is 4.79 Å². The van der Waals surface area contributed by atoms with Gasteiger partial charge in [-0.05, 0) is 48.7 Å². The Hall–Kier alpha value is -3.71. The molecule has 0 aliphatic heterocycles. The molecule has 2 aromatic heterocycles. The summed E-state index contributed by atoms with van der Waals surface area (Å²) in [6, 6.07) is 19.6. The third kappa shape index (κ3) is 5.83. The molecule has 1 saturated carbocycles. The lowest BCUT2D eigenvalue weighted by Gasteiger charge is -2.29. The predicted molar refractivity (Wildman–Crippen MR) is 144 cm³/mol. The monoisotopic (exact) mass is 515 g/mol. The Kier molecular flexibility index (Phi) is 7.80. The fourth-order valence-corrected chi connectivity index (χ4v) is 5.20. The van der Waals surface area contributed by atoms with Gasteiger partial charge in [0.15, 0.2) is 11.6 Å². The Morgan fingerprint density at radius 1 is 1.05 bits per heavy atom. The first-order valence-electron chi connectivity index (χ1n) is 12.6. The van der Waals surface area contributed by atoms with Crippen molar-refractivity contribution in [2.24, 2.45) is 0 Å². The number of carbonyl (C=O) groups is 1. The molecule has 0 unspecified atom stereocenters. The van der Waals surface area contributed by atoms with Crippen molar-refractivity contribution in [3.05, 3.63) is 83.6 Å². The van der Waals surface area contributed by atoms with Crippen molar-refractivity contribution in [1.82, 2.24) is 24.6 Å². The molecule has 1 aliphatic rings. The predicted octanol–water partition coefficient (Wildman–Crippen LogP) is 5.68. The molecule has 37 heavy (non-hydrogen) atoms. The molecule has 0 bridgehead atoms. The van der Waals surface area contributed by atoms with Gasteiger partial charge in [-0.2, -0.15) is 5.10 Å². The van der Waals surface area contributed by atoms with E-state index in [2.05, 4.69) is 9.88 Å². The molecule has 2 heterocycles. The van der Waals surface area contributed by atoms with Crippen LogP contribution in [-0.4, -0.2) is 50.3 Å². The van der Waals surface area contributed by atoms with Crippen LogP contribution in [0, 0.1) is 0 Å². The minimum absolute atomic E-state index is 0.154. The fraction of sp³-hybridized carbons (Fsp3) is 0.310. The molecule has 7 nitrogen and oxygen atoms in total. The number of hydrogen-bond acceptors (Lipinski definition) is 5. The number of methoxy groups -OCH3 is 1. The molecule has 1 aliphatic carbocycles. The highest BCUT2D eigenvalue weighted by atomic mass is 35.5. The number of halogens is 1. The van der Waals surface area contributed by atoms with Crippen LogP contribution in [-0.2, 0) is 17.8 Å². The molecule has 4 aromatic rings. The van der Waals surface area contributed by atoms with Crippen molar-refractivity contribution in [1.29, 1.82) is 0 Å². The van der Waals surface area contributed by atoms with Crippen LogP contribution in [0.3, 0.4) is 0 Å². The van der Waals surface area contributed by atoms with Gasteiger partial charge in [0.25, 0.3) is 0 Å². The number of hydrogen-bond donors (Lipinski definition) is 0. The molecule has 1 amide bonds. The molecule has 2 aromatic carbocycles. The van der Waals surface area contributed by atoms with Crippen LogP contribution in [0.15, 0.2) is 73.1 Å². The van der Waals surface area contributed by atoms with Crippen LogP contribution in [0.25, 0.3) is 22.8 Å². The Labute approximate surface area is 222 Å². The van der Waals surface area contributed by atoms with Gasteiger partial charge in [0.05, 0.1) is 25.1 Å². The highest BCUT2D eigenvalue weighted by molar-refractivity contribution is 6.32. The Morgan fingerprint density at radius 3 is 2.51 bits per heavy atom. The Morgan fingerprint density at radius 2 is 1.81 bits per heavy atom. The van der Waals surface area contributed by atoms with E-state index in [1.807, 2.05) is 65.3 Å². The minimum Gasteiger partial charge on any atom is -0.495 e. The van der Waals surface area contributed by atoms with Gasteiger partial charge < -0.3 is 9.64 Å². The second-order valence-electron chi connectivity index (χ2n) is 9.26. The summed E-state index contributed by atoms with van der Waals surface area (Å²) < 4.78 is 7.21. The molecule has 1 fully saturated rings. The van der Waals surface area contributed by atoms with E-state index in [4.69, 9.17) is 26.4 Å². The van der Waals surface area contributed by atoms with E-state index < -0.39 is 0 Å². The largest absolute Gasteiger partial charge is 0.495 e. The second kappa shape index (κ2) is 11.6. The summed E-state index contributed by atoms with van der Waals surface area (Å²) in [5.41, 5.74) is 2.74. The molecule has 0 spiro atoms. The van der Waals surface area contributed by atoms with Crippen LogP contribution in [0.5, 0.6) is 5.75 Å². The molecule has 0 atom stereocenters. The van der Waals surface area contributed by atoms with Gasteiger partial charge in [-0.15, -0.1) is 0 Å². The van der Waals surface area contributed by atoms with E-state index in [-0.39, 0.29) is 11.9 Å². The quantitative estimate of drug-likeness (QED) is 0.286. The second-order valence-corrected chi connectivity index (χ2v) is 9.66. The van der Waals surface area contributed by atoms with Crippen molar-refractivity contribution >= 4 is 17.5 Å². The van der Waals surface area contributed by atoms with Crippen LogP contribution in [0.2, 0.25) is 5.02 Å². The average molecular weight is 516 g/mol. The molecule has 0 N–H and O–H groups in total. The van der Waals surface area contributed by atoms with Gasteiger partial charge in [0.1, 0.15) is 5.75 Å². The third-order valence-electron chi connectivity index (χ3n) is 6.86. The van der Waals surface area contributed by atoms with Crippen LogP contribution >= 0.6 is 11.6 Å². The number of benzene rings is 2. The normalized spacial score (nSPS) is 13.6. The van der Waals surface area contributed by atoms with Gasteiger partial charge in [-0.25, -0.2) is 9.67 Å². The number of carbonyl (C=O) groups excluding carboxylic acids is 1. The summed E-state index contributed by atoms with van der Waals surface area (Å²) >= 11 is 6.44. The third-order valence-corrected chi connectivity index (χ3v) is 7.15. The minimum atomic E-state index is 0.154. The first kappa shape index (κ1) is 25.0. The summed E-state index contributed by atoms with van der Waals surface area (Å²) in [6.45, 7) is 1.08. The zero-order chi connectivity index (χ0) is 25.6. The van der Waals surface area contributed by atoms with Crippen molar-refractivity contribution in [3.63, 3.8) is 0 Å². The van der Waals surface area contributed by atoms with Crippen molar-refractivity contribution < 1.29 is 9.53 Å². The standard InChI is InChI=1S/C29H30ClN5O2/c1-37-26-12-11-23(20-25(26)30)29-32-28(22-13-15-31-16-14-22)33-35(29)18-17-34(24-9-5-6-10-24)27(36)19-21-7-3-2-4-8-21/h2-4,7-8,11-16,20,24H,5-6,9-10,17-19H2,1H3. The van der Waals surface area contributed by atoms with E-state index in [1.165, 1.54) is 0 Å². The topological polar surface area (TPSA) is 73.1 Å². The van der Waals surface area contributed by atoms with E-state index >= 15 is 0 Å². The highest BCUT2D eigenvalue weighted by Crippen LogP contribution is 2.31. The van der Waals surface area contributed by atoms with Gasteiger partial charge in [-0.3, -0.25) is 9.78 Å². The average Bonchev–Trinajstić information content (AvgIpc) is 3.61. The zero-order valence-electron chi connectivity index (χ0n) is 20.9. The fourth-order valence-electron chi connectivity index (χ4n) is 4.94. The lowest BCUT2D eigenvalue weighted by molar-refractivity contribution is -0.132. The van der Waals surface area contributed by atoms with Gasteiger partial charge in [0.2, 0.25) is 5.91 Å². The molecule has 190 valence electrons. The smallest absolute Gasteiger partial charge is 0.227 e. The number of rotatable bonds is 9. The Balaban J connectivity index is 1.44. The van der Waals surface area contributed by atoms with E-state index in [0.29, 0.717) is 41.9 Å².